The van der Waals surface area contributed by atoms with Gasteiger partial charge in [-0.1, -0.05) is 26.7 Å². The number of hydrogen-bond donors (Lipinski definition) is 4. The zero-order valence-electron chi connectivity index (χ0n) is 18.6. The molecular weight excluding hydrogens is 376 g/mol. The van der Waals surface area contributed by atoms with E-state index >= 15 is 0 Å². The number of ether oxygens (including phenoxy) is 3. The Morgan fingerprint density at radius 3 is 1.24 bits per heavy atom. The van der Waals surface area contributed by atoms with Gasteiger partial charge < -0.3 is 34.6 Å². The smallest absolute Gasteiger partial charge is 0.103 e. The second kappa shape index (κ2) is 21.0. The quantitative estimate of drug-likeness (QED) is 0.198. The molecule has 0 amide bonds. The molecule has 29 heavy (non-hydrogen) atoms. The number of rotatable bonds is 22. The van der Waals surface area contributed by atoms with Gasteiger partial charge in [0.1, 0.15) is 12.2 Å². The highest BCUT2D eigenvalue weighted by Crippen LogP contribution is 2.08. The maximum atomic E-state index is 9.90. The predicted molar refractivity (Wildman–Crippen MR) is 114 cm³/mol. The minimum absolute atomic E-state index is 0.184. The number of unbranched alkanes of at least 4 members (excludes halogenated alkanes) is 4. The summed E-state index contributed by atoms with van der Waals surface area (Å²) in [4.78, 5) is 0. The Hall–Kier alpha value is -0.280. The van der Waals surface area contributed by atoms with Gasteiger partial charge in [0.2, 0.25) is 0 Å². The van der Waals surface area contributed by atoms with Crippen molar-refractivity contribution in [2.75, 3.05) is 39.6 Å². The summed E-state index contributed by atoms with van der Waals surface area (Å²) in [5.74, 6) is 0. The van der Waals surface area contributed by atoms with Crippen molar-refractivity contribution < 1.29 is 34.6 Å². The van der Waals surface area contributed by atoms with Gasteiger partial charge in [0.25, 0.3) is 0 Å². The first-order chi connectivity index (χ1) is 14.0. The fourth-order valence-electron chi connectivity index (χ4n) is 2.73. The Kier molecular flexibility index (Phi) is 20.8. The molecule has 0 radical (unpaired) electrons. The topological polar surface area (TPSA) is 109 Å². The highest BCUT2D eigenvalue weighted by Gasteiger charge is 2.16. The average molecular weight is 423 g/mol. The highest BCUT2D eigenvalue weighted by atomic mass is 16.5. The summed E-state index contributed by atoms with van der Waals surface area (Å²) in [6.45, 7) is 7.01. The van der Waals surface area contributed by atoms with Crippen LogP contribution in [0.3, 0.4) is 0 Å². The third kappa shape index (κ3) is 18.2. The summed E-state index contributed by atoms with van der Waals surface area (Å²) in [7, 11) is 0. The minimum atomic E-state index is -0.827. The molecule has 0 aromatic heterocycles. The van der Waals surface area contributed by atoms with Crippen LogP contribution < -0.4 is 0 Å². The summed E-state index contributed by atoms with van der Waals surface area (Å²) < 4.78 is 16.2. The largest absolute Gasteiger partial charge is 0.390 e. The third-order valence-corrected chi connectivity index (χ3v) is 4.83. The first kappa shape index (κ1) is 28.7. The molecule has 0 aliphatic carbocycles. The molecule has 0 aromatic rings. The van der Waals surface area contributed by atoms with Crippen molar-refractivity contribution in [2.24, 2.45) is 0 Å². The van der Waals surface area contributed by atoms with E-state index in [0.717, 1.165) is 51.4 Å². The molecule has 0 aromatic carbocycles. The van der Waals surface area contributed by atoms with Crippen LogP contribution in [0, 0.1) is 0 Å². The standard InChI is InChI=1S/C22H46O7/c1-3-5-13-28-17-21(25)19(23)11-7-9-15-27-16-10-8-12-20(24)22(26)18-29-14-6-4-2/h19-26H,3-18H2,1-2H3. The molecule has 0 spiro atoms. The summed E-state index contributed by atoms with van der Waals surface area (Å²) in [5.41, 5.74) is 0. The zero-order valence-corrected chi connectivity index (χ0v) is 18.6. The maximum Gasteiger partial charge on any atom is 0.103 e. The molecule has 0 saturated heterocycles. The Labute approximate surface area is 177 Å². The van der Waals surface area contributed by atoms with Crippen molar-refractivity contribution in [2.45, 2.75) is 102 Å². The van der Waals surface area contributed by atoms with E-state index in [9.17, 15) is 20.4 Å². The van der Waals surface area contributed by atoms with E-state index in [2.05, 4.69) is 13.8 Å². The molecule has 0 fully saturated rings. The van der Waals surface area contributed by atoms with E-state index in [-0.39, 0.29) is 13.2 Å². The van der Waals surface area contributed by atoms with Crippen molar-refractivity contribution >= 4 is 0 Å². The normalized spacial score (nSPS) is 15.9. The highest BCUT2D eigenvalue weighted by molar-refractivity contribution is 4.67. The molecule has 4 unspecified atom stereocenters. The maximum absolute atomic E-state index is 9.90. The van der Waals surface area contributed by atoms with E-state index < -0.39 is 24.4 Å². The summed E-state index contributed by atoms with van der Waals surface area (Å²) in [6, 6.07) is 0. The molecule has 4 N–H and O–H groups in total. The lowest BCUT2D eigenvalue weighted by Gasteiger charge is -2.18. The molecule has 4 atom stereocenters. The van der Waals surface area contributed by atoms with Crippen LogP contribution in [0.2, 0.25) is 0 Å². The number of hydrogen-bond acceptors (Lipinski definition) is 7. The molecule has 7 heteroatoms. The number of aliphatic hydroxyl groups is 4. The van der Waals surface area contributed by atoms with Gasteiger partial charge in [0.05, 0.1) is 25.4 Å². The third-order valence-electron chi connectivity index (χ3n) is 4.83. The average Bonchev–Trinajstić information content (AvgIpc) is 2.72. The molecule has 176 valence electrons. The van der Waals surface area contributed by atoms with Gasteiger partial charge in [-0.15, -0.1) is 0 Å². The summed E-state index contributed by atoms with van der Waals surface area (Å²) >= 11 is 0. The van der Waals surface area contributed by atoms with E-state index in [0.29, 0.717) is 39.3 Å². The van der Waals surface area contributed by atoms with Crippen molar-refractivity contribution in [1.29, 1.82) is 0 Å². The van der Waals surface area contributed by atoms with Crippen LogP contribution in [0.5, 0.6) is 0 Å². The second-order valence-electron chi connectivity index (χ2n) is 7.73. The van der Waals surface area contributed by atoms with Gasteiger partial charge >= 0.3 is 0 Å². The van der Waals surface area contributed by atoms with Crippen LogP contribution in [-0.2, 0) is 14.2 Å². The van der Waals surface area contributed by atoms with Crippen molar-refractivity contribution in [3.8, 4) is 0 Å². The van der Waals surface area contributed by atoms with Crippen LogP contribution >= 0.6 is 0 Å². The Morgan fingerprint density at radius 2 is 0.862 bits per heavy atom. The van der Waals surface area contributed by atoms with Crippen molar-refractivity contribution in [3.63, 3.8) is 0 Å². The first-order valence-corrected chi connectivity index (χ1v) is 11.5. The van der Waals surface area contributed by atoms with Crippen LogP contribution in [0.25, 0.3) is 0 Å². The van der Waals surface area contributed by atoms with Gasteiger partial charge in [0.15, 0.2) is 0 Å². The fraction of sp³-hybridized carbons (Fsp3) is 1.00. The van der Waals surface area contributed by atoms with E-state index in [1.54, 1.807) is 0 Å². The van der Waals surface area contributed by atoms with Crippen LogP contribution in [0.1, 0.15) is 78.1 Å². The molecular formula is C22H46O7. The summed E-state index contributed by atoms with van der Waals surface area (Å²) in [5, 5.41) is 39.4. The Balaban J connectivity index is 3.45. The van der Waals surface area contributed by atoms with Crippen molar-refractivity contribution in [3.05, 3.63) is 0 Å². The van der Waals surface area contributed by atoms with E-state index in [4.69, 9.17) is 14.2 Å². The van der Waals surface area contributed by atoms with Gasteiger partial charge in [-0.2, -0.15) is 0 Å². The molecule has 0 bridgehead atoms. The number of aliphatic hydroxyl groups excluding tert-OH is 4. The molecule has 0 saturated carbocycles. The van der Waals surface area contributed by atoms with Gasteiger partial charge in [0, 0.05) is 26.4 Å². The fourth-order valence-corrected chi connectivity index (χ4v) is 2.73. The Morgan fingerprint density at radius 1 is 0.483 bits per heavy atom. The molecule has 0 heterocycles. The zero-order chi connectivity index (χ0) is 21.7. The lowest BCUT2D eigenvalue weighted by molar-refractivity contribution is -0.0427. The first-order valence-electron chi connectivity index (χ1n) is 11.5. The van der Waals surface area contributed by atoms with Crippen LogP contribution in [0.4, 0.5) is 0 Å². The minimum Gasteiger partial charge on any atom is -0.390 e. The molecule has 0 aliphatic heterocycles. The van der Waals surface area contributed by atoms with Crippen LogP contribution in [-0.4, -0.2) is 84.5 Å². The lowest BCUT2D eigenvalue weighted by atomic mass is 10.1. The van der Waals surface area contributed by atoms with Gasteiger partial charge in [-0.25, -0.2) is 0 Å². The van der Waals surface area contributed by atoms with Crippen LogP contribution in [0.15, 0.2) is 0 Å². The Bertz CT molecular complexity index is 300. The van der Waals surface area contributed by atoms with Crippen molar-refractivity contribution in [1.82, 2.24) is 0 Å². The van der Waals surface area contributed by atoms with E-state index in [1.807, 2.05) is 0 Å². The molecule has 7 nitrogen and oxygen atoms in total. The lowest BCUT2D eigenvalue weighted by Crippen LogP contribution is -2.30. The van der Waals surface area contributed by atoms with E-state index in [1.165, 1.54) is 0 Å². The summed E-state index contributed by atoms with van der Waals surface area (Å²) in [6.07, 6.45) is 5.17. The monoisotopic (exact) mass is 422 g/mol. The SMILES string of the molecule is CCCCOCC(O)C(O)CCCCOCCCCC(O)C(O)COCCCC. The predicted octanol–water partition coefficient (Wildman–Crippen LogP) is 2.42. The molecule has 0 rings (SSSR count). The van der Waals surface area contributed by atoms with Gasteiger partial charge in [-0.05, 0) is 51.4 Å². The molecule has 0 aliphatic rings. The second-order valence-corrected chi connectivity index (χ2v) is 7.73. The van der Waals surface area contributed by atoms with Gasteiger partial charge in [-0.3, -0.25) is 0 Å².